The number of ether oxygens (including phenoxy) is 2. The summed E-state index contributed by atoms with van der Waals surface area (Å²) in [6.07, 6.45) is 12.3. The fraction of sp³-hybridized carbons (Fsp3) is 0.433. The molecule has 0 spiro atoms. The monoisotopic (exact) mass is 489 g/mol. The summed E-state index contributed by atoms with van der Waals surface area (Å²) in [5.41, 5.74) is 4.35. The van der Waals surface area contributed by atoms with Crippen LogP contribution in [0.4, 0.5) is 10.5 Å². The lowest BCUT2D eigenvalue weighted by molar-refractivity contribution is 0.215. The van der Waals surface area contributed by atoms with E-state index in [9.17, 15) is 4.79 Å². The lowest BCUT2D eigenvalue weighted by atomic mass is 9.98. The van der Waals surface area contributed by atoms with Crippen molar-refractivity contribution < 1.29 is 14.3 Å². The van der Waals surface area contributed by atoms with Gasteiger partial charge in [-0.25, -0.2) is 4.79 Å². The minimum Gasteiger partial charge on any atom is -0.494 e. The first-order valence-corrected chi connectivity index (χ1v) is 13.4. The Morgan fingerprint density at radius 3 is 2.56 bits per heavy atom. The van der Waals surface area contributed by atoms with E-state index in [1.807, 2.05) is 30.3 Å². The number of nitrogens with one attached hydrogen (secondary N) is 2. The van der Waals surface area contributed by atoms with Crippen LogP contribution in [-0.2, 0) is 0 Å². The van der Waals surface area contributed by atoms with E-state index in [0.717, 1.165) is 49.0 Å². The van der Waals surface area contributed by atoms with E-state index in [-0.39, 0.29) is 0 Å². The molecule has 0 unspecified atom stereocenters. The van der Waals surface area contributed by atoms with Crippen molar-refractivity contribution in [3.8, 4) is 11.5 Å². The maximum atomic E-state index is 12.5. The number of carbonyl (C=O) groups excluding carboxylic acids is 1. The number of rotatable bonds is 12. The highest BCUT2D eigenvalue weighted by molar-refractivity contribution is 5.97. The summed E-state index contributed by atoms with van der Waals surface area (Å²) in [5, 5.41) is 3.98. The number of carbonyl (C=O) groups is 1. The van der Waals surface area contributed by atoms with Crippen molar-refractivity contribution >= 4 is 28.3 Å². The Bertz CT molecular complexity index is 1150. The molecule has 0 atom stereocenters. The summed E-state index contributed by atoms with van der Waals surface area (Å²) in [5.74, 6) is 1.25. The van der Waals surface area contributed by atoms with Gasteiger partial charge in [-0.3, -0.25) is 10.2 Å². The number of nitrogens with zero attached hydrogens (tertiary/aromatic N) is 1. The molecule has 2 heterocycles. The molecule has 2 aromatic carbocycles. The second kappa shape index (κ2) is 13.2. The highest BCUT2D eigenvalue weighted by atomic mass is 16.6. The van der Waals surface area contributed by atoms with Crippen LogP contribution < -0.4 is 14.8 Å². The molecule has 0 radical (unpaired) electrons. The highest BCUT2D eigenvalue weighted by Gasteiger charge is 2.16. The molecule has 3 aromatic rings. The minimum absolute atomic E-state index is 0.477. The van der Waals surface area contributed by atoms with Gasteiger partial charge in [0.05, 0.1) is 6.61 Å². The average Bonchev–Trinajstić information content (AvgIpc) is 3.31. The fourth-order valence-electron chi connectivity index (χ4n) is 4.57. The zero-order chi connectivity index (χ0) is 25.2. The minimum atomic E-state index is -0.512. The SMILES string of the molecule is CCCCCCN1CC=C(c2c[nH]c3ccc(NC(=O)Oc4ccc(OCCCC)cc4)cc23)CC1. The fourth-order valence-corrected chi connectivity index (χ4v) is 4.57. The summed E-state index contributed by atoms with van der Waals surface area (Å²) in [7, 11) is 0. The molecule has 1 aromatic heterocycles. The quantitative estimate of drug-likeness (QED) is 0.257. The van der Waals surface area contributed by atoms with Crippen molar-refractivity contribution in [3.05, 3.63) is 60.3 Å². The number of hydrogen-bond donors (Lipinski definition) is 2. The molecule has 0 saturated carbocycles. The molecule has 6 heteroatoms. The van der Waals surface area contributed by atoms with Gasteiger partial charge in [-0.1, -0.05) is 45.6 Å². The van der Waals surface area contributed by atoms with Gasteiger partial charge in [-0.2, -0.15) is 0 Å². The molecule has 0 fully saturated rings. The molecule has 0 aliphatic carbocycles. The van der Waals surface area contributed by atoms with Crippen LogP contribution in [0.5, 0.6) is 11.5 Å². The third kappa shape index (κ3) is 7.14. The van der Waals surface area contributed by atoms with Crippen LogP contribution in [0.1, 0.15) is 64.4 Å². The normalized spacial score (nSPS) is 14.0. The molecule has 36 heavy (non-hydrogen) atoms. The summed E-state index contributed by atoms with van der Waals surface area (Å²) in [4.78, 5) is 18.4. The van der Waals surface area contributed by atoms with Crippen molar-refractivity contribution in [3.63, 3.8) is 0 Å². The van der Waals surface area contributed by atoms with E-state index in [1.165, 1.54) is 43.4 Å². The summed E-state index contributed by atoms with van der Waals surface area (Å²) >= 11 is 0. The standard InChI is InChI=1S/C30H39N3O3/c1-3-5-7-8-17-33-18-15-23(16-19-33)28-22-31-29-14-9-24(21-27(28)29)32-30(34)36-26-12-10-25(11-13-26)35-20-6-4-2/h9-15,21-22,31H,3-8,16-20H2,1-2H3,(H,32,34). The lowest BCUT2D eigenvalue weighted by Crippen LogP contribution is -2.29. The maximum Gasteiger partial charge on any atom is 0.417 e. The zero-order valence-electron chi connectivity index (χ0n) is 21.6. The molecule has 1 aliphatic heterocycles. The number of unbranched alkanes of at least 4 members (excludes halogenated alkanes) is 4. The van der Waals surface area contributed by atoms with Gasteiger partial charge in [0, 0.05) is 41.4 Å². The van der Waals surface area contributed by atoms with Crippen LogP contribution in [0, 0.1) is 0 Å². The number of anilines is 1. The van der Waals surface area contributed by atoms with E-state index < -0.39 is 6.09 Å². The van der Waals surface area contributed by atoms with E-state index in [1.54, 1.807) is 12.1 Å². The van der Waals surface area contributed by atoms with Crippen LogP contribution in [0.2, 0.25) is 0 Å². The zero-order valence-corrected chi connectivity index (χ0v) is 21.6. The molecule has 1 amide bonds. The van der Waals surface area contributed by atoms with Crippen LogP contribution in [0.3, 0.4) is 0 Å². The molecule has 0 bridgehead atoms. The van der Waals surface area contributed by atoms with Gasteiger partial charge in [0.1, 0.15) is 11.5 Å². The number of aromatic amines is 1. The summed E-state index contributed by atoms with van der Waals surface area (Å²) < 4.78 is 11.1. The van der Waals surface area contributed by atoms with Gasteiger partial charge in [-0.15, -0.1) is 0 Å². The molecule has 4 rings (SSSR count). The summed E-state index contributed by atoms with van der Waals surface area (Å²) in [6.45, 7) is 8.35. The smallest absolute Gasteiger partial charge is 0.417 e. The second-order valence-corrected chi connectivity index (χ2v) is 9.49. The van der Waals surface area contributed by atoms with Gasteiger partial charge >= 0.3 is 6.09 Å². The van der Waals surface area contributed by atoms with Gasteiger partial charge in [0.15, 0.2) is 0 Å². The first-order valence-electron chi connectivity index (χ1n) is 13.4. The predicted molar refractivity (Wildman–Crippen MR) is 148 cm³/mol. The molecule has 0 saturated heterocycles. The molecular weight excluding hydrogens is 450 g/mol. The van der Waals surface area contributed by atoms with E-state index in [2.05, 4.69) is 41.3 Å². The number of fused-ring (bicyclic) bond motifs is 1. The largest absolute Gasteiger partial charge is 0.494 e. The number of hydrogen-bond acceptors (Lipinski definition) is 4. The highest BCUT2D eigenvalue weighted by Crippen LogP contribution is 2.31. The molecule has 6 nitrogen and oxygen atoms in total. The number of amides is 1. The van der Waals surface area contributed by atoms with Crippen molar-refractivity contribution in [1.82, 2.24) is 9.88 Å². The van der Waals surface area contributed by atoms with Crippen LogP contribution in [0.25, 0.3) is 16.5 Å². The van der Waals surface area contributed by atoms with E-state index in [4.69, 9.17) is 9.47 Å². The van der Waals surface area contributed by atoms with Crippen LogP contribution in [-0.4, -0.2) is 42.2 Å². The Balaban J connectivity index is 1.34. The Morgan fingerprint density at radius 2 is 1.81 bits per heavy atom. The Kier molecular flexibility index (Phi) is 9.45. The number of benzene rings is 2. The topological polar surface area (TPSA) is 66.6 Å². The second-order valence-electron chi connectivity index (χ2n) is 9.49. The molecule has 192 valence electrons. The predicted octanol–water partition coefficient (Wildman–Crippen LogP) is 7.63. The third-order valence-corrected chi connectivity index (χ3v) is 6.70. The first-order chi connectivity index (χ1) is 17.7. The first kappa shape index (κ1) is 25.8. The van der Waals surface area contributed by atoms with Crippen LogP contribution in [0.15, 0.2) is 54.7 Å². The average molecular weight is 490 g/mol. The van der Waals surface area contributed by atoms with Crippen LogP contribution >= 0.6 is 0 Å². The Labute approximate surface area is 214 Å². The lowest BCUT2D eigenvalue weighted by Gasteiger charge is -2.26. The van der Waals surface area contributed by atoms with Crippen molar-refractivity contribution in [1.29, 1.82) is 0 Å². The maximum absolute atomic E-state index is 12.5. The third-order valence-electron chi connectivity index (χ3n) is 6.70. The van der Waals surface area contributed by atoms with Gasteiger partial charge in [0.25, 0.3) is 0 Å². The van der Waals surface area contributed by atoms with Gasteiger partial charge in [0.2, 0.25) is 0 Å². The van der Waals surface area contributed by atoms with Crippen molar-refractivity contribution in [2.75, 3.05) is 31.6 Å². The molecular formula is C30H39N3O3. The van der Waals surface area contributed by atoms with Crippen molar-refractivity contribution in [2.24, 2.45) is 0 Å². The van der Waals surface area contributed by atoms with Crippen molar-refractivity contribution in [2.45, 2.75) is 58.8 Å². The molecule has 1 aliphatic rings. The van der Waals surface area contributed by atoms with E-state index >= 15 is 0 Å². The Hall–Kier alpha value is -3.25. The number of aromatic nitrogens is 1. The Morgan fingerprint density at radius 1 is 1.00 bits per heavy atom. The summed E-state index contributed by atoms with van der Waals surface area (Å²) in [6, 6.07) is 13.0. The van der Waals surface area contributed by atoms with Gasteiger partial charge in [-0.05, 0) is 73.8 Å². The van der Waals surface area contributed by atoms with Gasteiger partial charge < -0.3 is 14.5 Å². The molecule has 2 N–H and O–H groups in total. The number of H-pyrrole nitrogens is 1. The van der Waals surface area contributed by atoms with E-state index in [0.29, 0.717) is 18.0 Å².